The third-order valence-electron chi connectivity index (χ3n) is 5.39. The monoisotopic (exact) mass is 472 g/mol. The number of H-pyrrole nitrogens is 1. The third kappa shape index (κ3) is 4.68. The molecule has 2 aromatic rings. The van der Waals surface area contributed by atoms with Gasteiger partial charge in [-0.3, -0.25) is 4.79 Å². The van der Waals surface area contributed by atoms with Gasteiger partial charge in [0.05, 0.1) is 11.7 Å². The molecule has 2 heterocycles. The largest absolute Gasteiger partial charge is 0.465 e. The number of imidazole rings is 1. The van der Waals surface area contributed by atoms with Gasteiger partial charge in [-0.2, -0.15) is 0 Å². The standard InChI is InChI=1S/C22H25BrN4O3/c1-14(2)18(26-21(29)30)19(28)27-12-4-11-22(27,3)20-24-13-17(25-20)10-7-15-5-8-16(23)9-6-15/h5-6,8-9,13-14,18,26H,4,11-12H2,1-3H3,(H,24,25)(H,29,30). The van der Waals surface area contributed by atoms with E-state index in [9.17, 15) is 9.59 Å². The Morgan fingerprint density at radius 1 is 1.30 bits per heavy atom. The van der Waals surface area contributed by atoms with Crippen molar-refractivity contribution in [3.8, 4) is 11.8 Å². The summed E-state index contributed by atoms with van der Waals surface area (Å²) in [7, 11) is 0. The molecule has 7 nitrogen and oxygen atoms in total. The third-order valence-corrected chi connectivity index (χ3v) is 5.92. The fourth-order valence-electron chi connectivity index (χ4n) is 3.71. The van der Waals surface area contributed by atoms with Crippen LogP contribution in [0.5, 0.6) is 0 Å². The summed E-state index contributed by atoms with van der Waals surface area (Å²) >= 11 is 3.40. The maximum Gasteiger partial charge on any atom is 0.405 e. The number of carbonyl (C=O) groups excluding carboxylic acids is 1. The number of carboxylic acid groups (broad SMARTS) is 1. The highest BCUT2D eigenvalue weighted by molar-refractivity contribution is 9.10. The van der Waals surface area contributed by atoms with Crippen molar-refractivity contribution in [2.45, 2.75) is 45.2 Å². The fourth-order valence-corrected chi connectivity index (χ4v) is 3.97. The van der Waals surface area contributed by atoms with Crippen LogP contribution in [-0.4, -0.2) is 44.6 Å². The van der Waals surface area contributed by atoms with E-state index in [-0.39, 0.29) is 11.8 Å². The highest BCUT2D eigenvalue weighted by Crippen LogP contribution is 2.37. The zero-order chi connectivity index (χ0) is 21.9. The van der Waals surface area contributed by atoms with Crippen LogP contribution < -0.4 is 5.32 Å². The molecule has 1 aliphatic heterocycles. The molecule has 1 fully saturated rings. The van der Waals surface area contributed by atoms with E-state index < -0.39 is 17.7 Å². The van der Waals surface area contributed by atoms with Gasteiger partial charge in [0.25, 0.3) is 0 Å². The van der Waals surface area contributed by atoms with Crippen molar-refractivity contribution in [3.05, 3.63) is 52.0 Å². The number of nitrogens with one attached hydrogen (secondary N) is 2. The van der Waals surface area contributed by atoms with Crippen LogP contribution in [0.4, 0.5) is 4.79 Å². The molecule has 0 saturated carbocycles. The summed E-state index contributed by atoms with van der Waals surface area (Å²) in [6.07, 6.45) is 2.03. The number of halogens is 1. The van der Waals surface area contributed by atoms with E-state index in [0.29, 0.717) is 18.1 Å². The summed E-state index contributed by atoms with van der Waals surface area (Å²) in [4.78, 5) is 33.8. The number of nitrogens with zero attached hydrogens (tertiary/aromatic N) is 2. The number of hydrogen-bond acceptors (Lipinski definition) is 3. The SMILES string of the molecule is CC(C)C(NC(=O)O)C(=O)N1CCCC1(C)c1ncc(C#Cc2ccc(Br)cc2)[nH]1. The number of likely N-dealkylation sites (tertiary alicyclic amines) is 1. The maximum absolute atomic E-state index is 13.2. The second-order valence-corrected chi connectivity index (χ2v) is 8.86. The minimum absolute atomic E-state index is 0.164. The molecule has 0 spiro atoms. The van der Waals surface area contributed by atoms with Crippen LogP contribution in [0.1, 0.15) is 50.7 Å². The lowest BCUT2D eigenvalue weighted by Crippen LogP contribution is -2.54. The number of hydrogen-bond donors (Lipinski definition) is 3. The van der Waals surface area contributed by atoms with Gasteiger partial charge < -0.3 is 20.3 Å². The van der Waals surface area contributed by atoms with Gasteiger partial charge in [0.1, 0.15) is 17.6 Å². The molecule has 2 amide bonds. The zero-order valence-corrected chi connectivity index (χ0v) is 18.8. The van der Waals surface area contributed by atoms with Crippen molar-refractivity contribution < 1.29 is 14.7 Å². The zero-order valence-electron chi connectivity index (χ0n) is 17.2. The van der Waals surface area contributed by atoms with E-state index in [1.165, 1.54) is 0 Å². The van der Waals surface area contributed by atoms with E-state index in [0.717, 1.165) is 22.9 Å². The Kier molecular flexibility index (Phi) is 6.52. The fraction of sp³-hybridized carbons (Fsp3) is 0.409. The summed E-state index contributed by atoms with van der Waals surface area (Å²) in [5.41, 5.74) is 0.914. The van der Waals surface area contributed by atoms with Crippen LogP contribution in [0.15, 0.2) is 34.9 Å². The summed E-state index contributed by atoms with van der Waals surface area (Å²) in [5.74, 6) is 6.44. The molecule has 3 rings (SSSR count). The number of rotatable bonds is 4. The first-order chi connectivity index (χ1) is 14.2. The van der Waals surface area contributed by atoms with Crippen LogP contribution in [0.25, 0.3) is 0 Å². The minimum Gasteiger partial charge on any atom is -0.465 e. The lowest BCUT2D eigenvalue weighted by molar-refractivity contribution is -0.138. The topological polar surface area (TPSA) is 98.3 Å². The van der Waals surface area contributed by atoms with Gasteiger partial charge in [-0.1, -0.05) is 35.7 Å². The molecule has 30 heavy (non-hydrogen) atoms. The molecule has 0 aliphatic carbocycles. The van der Waals surface area contributed by atoms with Gasteiger partial charge >= 0.3 is 6.09 Å². The molecule has 1 saturated heterocycles. The van der Waals surface area contributed by atoms with Crippen molar-refractivity contribution in [3.63, 3.8) is 0 Å². The predicted octanol–water partition coefficient (Wildman–Crippen LogP) is 3.70. The normalized spacial score (nSPS) is 19.3. The molecule has 8 heteroatoms. The smallest absolute Gasteiger partial charge is 0.405 e. The Labute approximate surface area is 184 Å². The lowest BCUT2D eigenvalue weighted by Gasteiger charge is -2.36. The number of aromatic nitrogens is 2. The maximum atomic E-state index is 13.2. The molecule has 2 atom stereocenters. The Hall–Kier alpha value is -2.79. The summed E-state index contributed by atoms with van der Waals surface area (Å²) < 4.78 is 0.993. The summed E-state index contributed by atoms with van der Waals surface area (Å²) in [6, 6.07) is 6.92. The average molecular weight is 473 g/mol. The van der Waals surface area contributed by atoms with Gasteiger partial charge in [0.2, 0.25) is 5.91 Å². The van der Waals surface area contributed by atoms with E-state index >= 15 is 0 Å². The molecule has 1 aromatic carbocycles. The first-order valence-electron chi connectivity index (χ1n) is 9.85. The van der Waals surface area contributed by atoms with Crippen LogP contribution in [-0.2, 0) is 10.3 Å². The van der Waals surface area contributed by atoms with Gasteiger partial charge in [-0.05, 0) is 55.9 Å². The molecule has 2 unspecified atom stereocenters. The van der Waals surface area contributed by atoms with Crippen molar-refractivity contribution in [1.29, 1.82) is 0 Å². The summed E-state index contributed by atoms with van der Waals surface area (Å²) in [6.45, 7) is 6.17. The Morgan fingerprint density at radius 3 is 2.63 bits per heavy atom. The second-order valence-electron chi connectivity index (χ2n) is 7.94. The van der Waals surface area contributed by atoms with E-state index in [1.54, 1.807) is 11.1 Å². The van der Waals surface area contributed by atoms with Crippen molar-refractivity contribution in [2.75, 3.05) is 6.54 Å². The van der Waals surface area contributed by atoms with Gasteiger partial charge in [0.15, 0.2) is 0 Å². The van der Waals surface area contributed by atoms with Crippen LogP contribution in [0, 0.1) is 17.8 Å². The van der Waals surface area contributed by atoms with Gasteiger partial charge in [-0.15, -0.1) is 0 Å². The first kappa shape index (κ1) is 21.9. The number of amides is 2. The van der Waals surface area contributed by atoms with Crippen molar-refractivity contribution in [1.82, 2.24) is 20.2 Å². The Bertz CT molecular complexity index is 990. The minimum atomic E-state index is -1.20. The average Bonchev–Trinajstić information content (AvgIpc) is 3.32. The van der Waals surface area contributed by atoms with Gasteiger partial charge in [0, 0.05) is 16.6 Å². The molecule has 158 valence electrons. The number of aromatic amines is 1. The van der Waals surface area contributed by atoms with Crippen molar-refractivity contribution in [2.24, 2.45) is 5.92 Å². The molecular weight excluding hydrogens is 448 g/mol. The predicted molar refractivity (Wildman–Crippen MR) is 117 cm³/mol. The quantitative estimate of drug-likeness (QED) is 0.590. The Balaban J connectivity index is 1.83. The Morgan fingerprint density at radius 2 is 2.00 bits per heavy atom. The lowest BCUT2D eigenvalue weighted by atomic mass is 9.95. The molecule has 1 aromatic heterocycles. The van der Waals surface area contributed by atoms with E-state index in [1.807, 2.05) is 45.0 Å². The van der Waals surface area contributed by atoms with Crippen LogP contribution in [0.2, 0.25) is 0 Å². The summed E-state index contributed by atoms with van der Waals surface area (Å²) in [5, 5.41) is 11.5. The van der Waals surface area contributed by atoms with Crippen LogP contribution >= 0.6 is 15.9 Å². The van der Waals surface area contributed by atoms with Gasteiger partial charge in [-0.25, -0.2) is 9.78 Å². The molecule has 0 bridgehead atoms. The van der Waals surface area contributed by atoms with E-state index in [4.69, 9.17) is 5.11 Å². The van der Waals surface area contributed by atoms with Crippen LogP contribution in [0.3, 0.4) is 0 Å². The highest BCUT2D eigenvalue weighted by Gasteiger charge is 2.45. The van der Waals surface area contributed by atoms with E-state index in [2.05, 4.69) is 43.1 Å². The molecule has 0 radical (unpaired) electrons. The number of carbonyl (C=O) groups is 2. The molecular formula is C22H25BrN4O3. The second kappa shape index (κ2) is 8.92. The highest BCUT2D eigenvalue weighted by atomic mass is 79.9. The first-order valence-corrected chi connectivity index (χ1v) is 10.6. The van der Waals surface area contributed by atoms with Crippen molar-refractivity contribution >= 4 is 27.9 Å². The number of benzene rings is 1. The molecule has 1 aliphatic rings. The molecule has 3 N–H and O–H groups in total.